The zero-order valence-electron chi connectivity index (χ0n) is 14.1. The lowest BCUT2D eigenvalue weighted by Gasteiger charge is -2.06. The van der Waals surface area contributed by atoms with Gasteiger partial charge < -0.3 is 9.73 Å². The zero-order chi connectivity index (χ0) is 17.9. The van der Waals surface area contributed by atoms with Crippen molar-refractivity contribution in [3.05, 3.63) is 52.7 Å². The fraction of sp³-hybridized carbons (Fsp3) is 0.316. The second kappa shape index (κ2) is 7.37. The highest BCUT2D eigenvalue weighted by molar-refractivity contribution is 7.15. The van der Waals surface area contributed by atoms with E-state index in [9.17, 15) is 9.18 Å². The highest BCUT2D eigenvalue weighted by Crippen LogP contribution is 2.29. The monoisotopic (exact) mass is 371 g/mol. The Balaban J connectivity index is 1.35. The average molecular weight is 371 g/mol. The molecule has 1 N–H and O–H groups in total. The Hall–Kier alpha value is -2.54. The number of nitrogens with one attached hydrogen (secondary N) is 1. The number of oxazole rings is 1. The van der Waals surface area contributed by atoms with E-state index in [1.54, 1.807) is 29.5 Å². The first-order valence-electron chi connectivity index (χ1n) is 8.67. The molecule has 1 amide bonds. The van der Waals surface area contributed by atoms with Crippen LogP contribution in [0.15, 0.2) is 34.9 Å². The van der Waals surface area contributed by atoms with Crippen LogP contribution < -0.4 is 5.32 Å². The van der Waals surface area contributed by atoms with Crippen molar-refractivity contribution >= 4 is 22.4 Å². The summed E-state index contributed by atoms with van der Waals surface area (Å²) in [5, 5.41) is 3.52. The molecule has 0 radical (unpaired) electrons. The maximum Gasteiger partial charge on any atom is 0.226 e. The minimum atomic E-state index is -0.360. The van der Waals surface area contributed by atoms with Gasteiger partial charge in [-0.05, 0) is 37.8 Å². The van der Waals surface area contributed by atoms with Gasteiger partial charge in [0.25, 0.3) is 0 Å². The zero-order valence-corrected chi connectivity index (χ0v) is 14.9. The van der Waals surface area contributed by atoms with Crippen molar-refractivity contribution in [3.63, 3.8) is 0 Å². The van der Waals surface area contributed by atoms with E-state index in [1.165, 1.54) is 30.0 Å². The number of amides is 1. The van der Waals surface area contributed by atoms with Gasteiger partial charge in [0, 0.05) is 17.7 Å². The van der Waals surface area contributed by atoms with Crippen LogP contribution in [0.5, 0.6) is 0 Å². The normalized spacial score (nSPS) is 13.4. The molecule has 0 saturated heterocycles. The summed E-state index contributed by atoms with van der Waals surface area (Å²) in [6.45, 7) is 0. The third kappa shape index (κ3) is 3.67. The van der Waals surface area contributed by atoms with Crippen LogP contribution in [0.2, 0.25) is 0 Å². The number of aromatic nitrogens is 2. The van der Waals surface area contributed by atoms with Crippen LogP contribution in [0.4, 0.5) is 9.52 Å². The second-order valence-electron chi connectivity index (χ2n) is 6.24. The first kappa shape index (κ1) is 16.9. The van der Waals surface area contributed by atoms with E-state index in [2.05, 4.69) is 15.3 Å². The Morgan fingerprint density at radius 2 is 2.12 bits per heavy atom. The Bertz CT molecular complexity index is 911. The number of hydrogen-bond acceptors (Lipinski definition) is 5. The van der Waals surface area contributed by atoms with Gasteiger partial charge in [-0.1, -0.05) is 12.1 Å². The average Bonchev–Trinajstić information content (AvgIpc) is 3.26. The third-order valence-corrected chi connectivity index (χ3v) is 5.42. The molecule has 0 saturated carbocycles. The predicted octanol–water partition coefficient (Wildman–Crippen LogP) is 4.39. The number of halogens is 1. The fourth-order valence-electron chi connectivity index (χ4n) is 3.02. The van der Waals surface area contributed by atoms with Gasteiger partial charge in [0.2, 0.25) is 5.91 Å². The van der Waals surface area contributed by atoms with E-state index in [0.29, 0.717) is 28.8 Å². The molecule has 0 unspecified atom stereocenters. The molecule has 0 spiro atoms. The van der Waals surface area contributed by atoms with Crippen LogP contribution in [0, 0.1) is 5.82 Å². The van der Waals surface area contributed by atoms with Crippen LogP contribution in [-0.2, 0) is 24.1 Å². The molecule has 2 heterocycles. The van der Waals surface area contributed by atoms with Gasteiger partial charge in [-0.3, -0.25) is 4.79 Å². The molecule has 2 aromatic heterocycles. The predicted molar refractivity (Wildman–Crippen MR) is 97.6 cm³/mol. The van der Waals surface area contributed by atoms with Crippen molar-refractivity contribution in [2.45, 2.75) is 38.5 Å². The fourth-order valence-corrected chi connectivity index (χ4v) is 4.09. The summed E-state index contributed by atoms with van der Waals surface area (Å²) in [4.78, 5) is 22.1. The van der Waals surface area contributed by atoms with Crippen molar-refractivity contribution in [2.24, 2.45) is 0 Å². The number of carbonyl (C=O) groups is 1. The molecule has 1 aromatic carbocycles. The molecule has 0 fully saturated rings. The summed E-state index contributed by atoms with van der Waals surface area (Å²) in [5.74, 6) is 0.297. The summed E-state index contributed by atoms with van der Waals surface area (Å²) in [7, 11) is 0. The van der Waals surface area contributed by atoms with Gasteiger partial charge in [-0.2, -0.15) is 0 Å². The topological polar surface area (TPSA) is 68.0 Å². The molecule has 0 bridgehead atoms. The number of hydrogen-bond donors (Lipinski definition) is 1. The minimum Gasteiger partial charge on any atom is -0.441 e. The maximum atomic E-state index is 13.8. The van der Waals surface area contributed by atoms with Crippen LogP contribution in [0.1, 0.15) is 35.7 Å². The Morgan fingerprint density at radius 1 is 1.27 bits per heavy atom. The molecule has 1 aliphatic carbocycles. The van der Waals surface area contributed by atoms with Crippen LogP contribution in [-0.4, -0.2) is 15.9 Å². The van der Waals surface area contributed by atoms with E-state index in [1.807, 2.05) is 0 Å². The lowest BCUT2D eigenvalue weighted by Crippen LogP contribution is -2.12. The maximum absolute atomic E-state index is 13.8. The van der Waals surface area contributed by atoms with E-state index >= 15 is 0 Å². The molecule has 1 aliphatic rings. The lowest BCUT2D eigenvalue weighted by molar-refractivity contribution is -0.116. The van der Waals surface area contributed by atoms with E-state index in [-0.39, 0.29) is 18.1 Å². The summed E-state index contributed by atoms with van der Waals surface area (Å²) in [5.41, 5.74) is 1.49. The van der Waals surface area contributed by atoms with Crippen molar-refractivity contribution in [2.75, 3.05) is 5.32 Å². The number of carbonyl (C=O) groups excluding carboxylic acids is 1. The number of thiazole rings is 1. The van der Waals surface area contributed by atoms with Crippen LogP contribution >= 0.6 is 11.3 Å². The smallest absolute Gasteiger partial charge is 0.226 e. The summed E-state index contributed by atoms with van der Waals surface area (Å²) >= 11 is 1.56. The Labute approximate surface area is 154 Å². The number of benzene rings is 1. The van der Waals surface area contributed by atoms with Crippen LogP contribution in [0.3, 0.4) is 0 Å². The number of fused-ring (bicyclic) bond motifs is 1. The van der Waals surface area contributed by atoms with Gasteiger partial charge >= 0.3 is 0 Å². The van der Waals surface area contributed by atoms with Gasteiger partial charge in [0.15, 0.2) is 16.8 Å². The number of rotatable bonds is 5. The molecule has 26 heavy (non-hydrogen) atoms. The van der Waals surface area contributed by atoms with Gasteiger partial charge in [0.1, 0.15) is 5.82 Å². The number of aryl methyl sites for hydroxylation is 3. The van der Waals surface area contributed by atoms with Crippen molar-refractivity contribution in [1.29, 1.82) is 0 Å². The van der Waals surface area contributed by atoms with Gasteiger partial charge in [-0.15, -0.1) is 11.3 Å². The molecule has 0 aliphatic heterocycles. The standard InChI is InChI=1S/C19H18FN3O2S/c20-13-6-2-1-5-12(13)15-11-21-18(25-15)10-9-17(24)23-19-22-14-7-3-4-8-16(14)26-19/h1-2,5-6,11H,3-4,7-10H2,(H,22,23,24). The van der Waals surface area contributed by atoms with Gasteiger partial charge in [-0.25, -0.2) is 14.4 Å². The molecule has 5 nitrogen and oxygen atoms in total. The summed E-state index contributed by atoms with van der Waals surface area (Å²) < 4.78 is 19.4. The Morgan fingerprint density at radius 3 is 2.96 bits per heavy atom. The molecule has 7 heteroatoms. The summed E-state index contributed by atoms with van der Waals surface area (Å²) in [6.07, 6.45) is 6.48. The Kier molecular flexibility index (Phi) is 4.79. The first-order chi connectivity index (χ1) is 12.7. The van der Waals surface area contributed by atoms with E-state index < -0.39 is 0 Å². The quantitative estimate of drug-likeness (QED) is 0.722. The molecule has 4 rings (SSSR count). The van der Waals surface area contributed by atoms with Crippen molar-refractivity contribution in [3.8, 4) is 11.3 Å². The molecular formula is C19H18FN3O2S. The molecule has 3 aromatic rings. The number of anilines is 1. The van der Waals surface area contributed by atoms with Crippen LogP contribution in [0.25, 0.3) is 11.3 Å². The van der Waals surface area contributed by atoms with E-state index in [4.69, 9.17) is 4.42 Å². The van der Waals surface area contributed by atoms with E-state index in [0.717, 1.165) is 18.5 Å². The molecular weight excluding hydrogens is 353 g/mol. The largest absolute Gasteiger partial charge is 0.441 e. The SMILES string of the molecule is O=C(CCc1ncc(-c2ccccc2F)o1)Nc1nc2c(s1)CCCC2. The first-order valence-corrected chi connectivity index (χ1v) is 9.49. The highest BCUT2D eigenvalue weighted by Gasteiger charge is 2.17. The van der Waals surface area contributed by atoms with Crippen molar-refractivity contribution in [1.82, 2.24) is 9.97 Å². The second-order valence-corrected chi connectivity index (χ2v) is 7.33. The highest BCUT2D eigenvalue weighted by atomic mass is 32.1. The summed E-state index contributed by atoms with van der Waals surface area (Å²) in [6, 6.07) is 6.37. The van der Waals surface area contributed by atoms with Gasteiger partial charge in [0.05, 0.1) is 17.5 Å². The molecule has 134 valence electrons. The van der Waals surface area contributed by atoms with Crippen molar-refractivity contribution < 1.29 is 13.6 Å². The lowest BCUT2D eigenvalue weighted by atomic mass is 10.0. The minimum absolute atomic E-state index is 0.123. The number of nitrogens with zero attached hydrogens (tertiary/aromatic N) is 2. The molecule has 0 atom stereocenters. The third-order valence-electron chi connectivity index (χ3n) is 4.35.